The predicted octanol–water partition coefficient (Wildman–Crippen LogP) is 2.58. The number of carbonyl (C=O) groups is 2. The van der Waals surface area contributed by atoms with Crippen LogP contribution < -0.4 is 5.06 Å². The van der Waals surface area contributed by atoms with Gasteiger partial charge in [-0.15, -0.1) is 0 Å². The maximum absolute atomic E-state index is 11.1. The first-order valence-corrected chi connectivity index (χ1v) is 7.60. The van der Waals surface area contributed by atoms with E-state index in [4.69, 9.17) is 10.2 Å². The van der Waals surface area contributed by atoms with Gasteiger partial charge in [-0.3, -0.25) is 10.0 Å². The van der Waals surface area contributed by atoms with Crippen LogP contribution in [0.2, 0.25) is 0 Å². The Bertz CT molecular complexity index is 784. The van der Waals surface area contributed by atoms with E-state index >= 15 is 0 Å². The lowest BCUT2D eigenvalue weighted by Gasteiger charge is -2.15. The molecule has 0 amide bonds. The largest absolute Gasteiger partial charge is 0.481 e. The van der Waals surface area contributed by atoms with Crippen molar-refractivity contribution < 1.29 is 25.0 Å². The summed E-state index contributed by atoms with van der Waals surface area (Å²) in [5.74, 6) is -1.88. The first-order valence-electron chi connectivity index (χ1n) is 7.60. The fourth-order valence-corrected chi connectivity index (χ4v) is 2.92. The molecule has 2 aromatic carbocycles. The Morgan fingerprint density at radius 1 is 1.04 bits per heavy atom. The number of fused-ring (bicyclic) bond motifs is 1. The molecule has 1 aliphatic rings. The first kappa shape index (κ1) is 16.0. The van der Waals surface area contributed by atoms with E-state index in [-0.39, 0.29) is 12.8 Å². The van der Waals surface area contributed by atoms with Crippen LogP contribution in [0.25, 0.3) is 11.1 Å². The third-order valence-corrected chi connectivity index (χ3v) is 4.23. The lowest BCUT2D eigenvalue weighted by Crippen LogP contribution is -2.35. The molecule has 3 N–H and O–H groups in total. The zero-order valence-electron chi connectivity index (χ0n) is 12.8. The molecule has 0 spiro atoms. The van der Waals surface area contributed by atoms with Gasteiger partial charge in [0, 0.05) is 12.8 Å². The lowest BCUT2D eigenvalue weighted by molar-refractivity contribution is -0.140. The molecule has 0 fully saturated rings. The van der Waals surface area contributed by atoms with E-state index in [1.807, 2.05) is 36.4 Å². The van der Waals surface area contributed by atoms with Crippen molar-refractivity contribution >= 4 is 17.6 Å². The number of carboxylic acid groups (broad SMARTS) is 2. The van der Waals surface area contributed by atoms with Gasteiger partial charge in [0.25, 0.3) is 0 Å². The fraction of sp³-hybridized carbons (Fsp3) is 0.222. The number of anilines is 1. The Balaban J connectivity index is 1.81. The second-order valence-electron chi connectivity index (χ2n) is 5.84. The van der Waals surface area contributed by atoms with Crippen LogP contribution in [0.3, 0.4) is 0 Å². The van der Waals surface area contributed by atoms with Gasteiger partial charge in [-0.1, -0.05) is 30.3 Å². The van der Waals surface area contributed by atoms with Crippen LogP contribution in [0.5, 0.6) is 0 Å². The minimum Gasteiger partial charge on any atom is -0.481 e. The van der Waals surface area contributed by atoms with Gasteiger partial charge < -0.3 is 10.2 Å². The number of benzene rings is 2. The maximum Gasteiger partial charge on any atom is 0.329 e. The molecule has 1 aliphatic heterocycles. The zero-order valence-corrected chi connectivity index (χ0v) is 12.8. The molecule has 124 valence electrons. The van der Waals surface area contributed by atoms with Crippen molar-refractivity contribution in [1.29, 1.82) is 0 Å². The van der Waals surface area contributed by atoms with Crippen molar-refractivity contribution in [1.82, 2.24) is 0 Å². The summed E-state index contributed by atoms with van der Waals surface area (Å²) in [5.41, 5.74) is 4.15. The van der Waals surface area contributed by atoms with Crippen LogP contribution in [-0.4, -0.2) is 33.4 Å². The van der Waals surface area contributed by atoms with Crippen LogP contribution in [-0.2, 0) is 22.4 Å². The van der Waals surface area contributed by atoms with E-state index in [2.05, 4.69) is 0 Å². The summed E-state index contributed by atoms with van der Waals surface area (Å²) in [7, 11) is 0. The number of aliphatic carboxylic acids is 2. The summed E-state index contributed by atoms with van der Waals surface area (Å²) in [6.45, 7) is 0. The number of rotatable bonds is 5. The molecular formula is C18H17NO5. The monoisotopic (exact) mass is 327 g/mol. The topological polar surface area (TPSA) is 98.1 Å². The van der Waals surface area contributed by atoms with Crippen molar-refractivity contribution in [2.24, 2.45) is 0 Å². The summed E-state index contributed by atoms with van der Waals surface area (Å²) < 4.78 is 0. The molecule has 0 aromatic heterocycles. The lowest BCUT2D eigenvalue weighted by atomic mass is 9.99. The number of hydrogen-bond donors (Lipinski definition) is 3. The van der Waals surface area contributed by atoms with Gasteiger partial charge >= 0.3 is 11.9 Å². The average molecular weight is 327 g/mol. The Kier molecular flexibility index (Phi) is 4.22. The third kappa shape index (κ3) is 3.09. The van der Waals surface area contributed by atoms with Gasteiger partial charge in [-0.2, -0.15) is 0 Å². The average Bonchev–Trinajstić information content (AvgIpc) is 2.90. The number of nitrogens with zero attached hydrogens (tertiary/aromatic N) is 1. The summed E-state index contributed by atoms with van der Waals surface area (Å²) in [6, 6.07) is 12.1. The minimum atomic E-state index is -1.06. The Labute approximate surface area is 138 Å². The van der Waals surface area contributed by atoms with Gasteiger partial charge in [0.2, 0.25) is 0 Å². The number of carboxylic acids is 2. The summed E-state index contributed by atoms with van der Waals surface area (Å²) in [5, 5.41) is 28.6. The molecule has 3 rings (SSSR count). The molecule has 2 aromatic rings. The standard InChI is InChI=1S/C18H17NO5/c20-17(21)8-3-11-1-4-12(5-2-11)13-6-7-15-14(9-13)10-16(18(22)23)19(15)24/h1-2,4-7,9,16,24H,3,8,10H2,(H,20,21)(H,22,23). The highest BCUT2D eigenvalue weighted by Crippen LogP contribution is 2.34. The van der Waals surface area contributed by atoms with Gasteiger partial charge in [0.1, 0.15) is 0 Å². The molecule has 24 heavy (non-hydrogen) atoms. The van der Waals surface area contributed by atoms with Crippen LogP contribution in [0.1, 0.15) is 17.5 Å². The van der Waals surface area contributed by atoms with Crippen LogP contribution in [0, 0.1) is 0 Å². The molecule has 1 unspecified atom stereocenters. The fourth-order valence-electron chi connectivity index (χ4n) is 2.92. The van der Waals surface area contributed by atoms with E-state index in [0.717, 1.165) is 27.3 Å². The second-order valence-corrected chi connectivity index (χ2v) is 5.84. The minimum absolute atomic E-state index is 0.0983. The van der Waals surface area contributed by atoms with E-state index in [1.165, 1.54) is 0 Å². The normalized spacial score (nSPS) is 16.0. The molecule has 1 heterocycles. The number of aryl methyl sites for hydroxylation is 1. The highest BCUT2D eigenvalue weighted by Gasteiger charge is 2.33. The SMILES string of the molecule is O=C(O)CCc1ccc(-c2ccc3c(c2)CC(C(=O)O)N3O)cc1. The van der Waals surface area contributed by atoms with Crippen LogP contribution >= 0.6 is 0 Å². The molecule has 0 saturated heterocycles. The van der Waals surface area contributed by atoms with Crippen molar-refractivity contribution in [3.8, 4) is 11.1 Å². The van der Waals surface area contributed by atoms with Crippen molar-refractivity contribution in [3.63, 3.8) is 0 Å². The molecule has 6 nitrogen and oxygen atoms in total. The zero-order chi connectivity index (χ0) is 17.3. The molecular weight excluding hydrogens is 310 g/mol. The first-order chi connectivity index (χ1) is 11.5. The Morgan fingerprint density at radius 2 is 1.71 bits per heavy atom. The van der Waals surface area contributed by atoms with Gasteiger partial charge in [0.15, 0.2) is 6.04 Å². The molecule has 0 aliphatic carbocycles. The van der Waals surface area contributed by atoms with Gasteiger partial charge in [0.05, 0.1) is 5.69 Å². The van der Waals surface area contributed by atoms with E-state index in [9.17, 15) is 14.8 Å². The quantitative estimate of drug-likeness (QED) is 0.781. The molecule has 0 radical (unpaired) electrons. The third-order valence-electron chi connectivity index (χ3n) is 4.23. The van der Waals surface area contributed by atoms with Crippen LogP contribution in [0.15, 0.2) is 42.5 Å². The van der Waals surface area contributed by atoms with E-state index in [0.29, 0.717) is 12.1 Å². The summed E-state index contributed by atoms with van der Waals surface area (Å²) in [6.07, 6.45) is 0.840. The predicted molar refractivity (Wildman–Crippen MR) is 87.2 cm³/mol. The van der Waals surface area contributed by atoms with Crippen LogP contribution in [0.4, 0.5) is 5.69 Å². The number of hydrogen-bond acceptors (Lipinski definition) is 4. The Hall–Kier alpha value is -2.86. The Morgan fingerprint density at radius 3 is 2.33 bits per heavy atom. The van der Waals surface area contributed by atoms with Crippen molar-refractivity contribution in [3.05, 3.63) is 53.6 Å². The maximum atomic E-state index is 11.1. The second kappa shape index (κ2) is 6.33. The molecule has 0 saturated carbocycles. The van der Waals surface area contributed by atoms with Crippen molar-refractivity contribution in [2.75, 3.05) is 5.06 Å². The van der Waals surface area contributed by atoms with Gasteiger partial charge in [-0.25, -0.2) is 9.86 Å². The summed E-state index contributed by atoms with van der Waals surface area (Å²) >= 11 is 0. The highest BCUT2D eigenvalue weighted by molar-refractivity contribution is 5.82. The number of hydroxylamine groups is 1. The molecule has 1 atom stereocenters. The molecule has 0 bridgehead atoms. The highest BCUT2D eigenvalue weighted by atomic mass is 16.5. The molecule has 6 heteroatoms. The summed E-state index contributed by atoms with van der Waals surface area (Å²) in [4.78, 5) is 21.7. The van der Waals surface area contributed by atoms with E-state index in [1.54, 1.807) is 6.07 Å². The van der Waals surface area contributed by atoms with Gasteiger partial charge in [-0.05, 0) is 40.8 Å². The smallest absolute Gasteiger partial charge is 0.329 e. The van der Waals surface area contributed by atoms with Crippen molar-refractivity contribution in [2.45, 2.75) is 25.3 Å². The van der Waals surface area contributed by atoms with E-state index < -0.39 is 18.0 Å².